The van der Waals surface area contributed by atoms with Gasteiger partial charge in [-0.2, -0.15) is 0 Å². The van der Waals surface area contributed by atoms with Crippen molar-refractivity contribution in [1.29, 1.82) is 0 Å². The molecule has 1 heterocycles. The molecule has 0 saturated carbocycles. The maximum Gasteiger partial charge on any atom is 0.167 e. The van der Waals surface area contributed by atoms with Crippen LogP contribution in [0.25, 0.3) is 0 Å². The van der Waals surface area contributed by atoms with E-state index in [0.29, 0.717) is 0 Å². The van der Waals surface area contributed by atoms with Gasteiger partial charge in [0.05, 0.1) is 5.92 Å². The van der Waals surface area contributed by atoms with Gasteiger partial charge in [-0.1, -0.05) is 50.8 Å². The third-order valence-electron chi connectivity index (χ3n) is 3.86. The second kappa shape index (κ2) is 7.88. The summed E-state index contributed by atoms with van der Waals surface area (Å²) in [5, 5.41) is 3.36. The number of fused-ring (bicyclic) bond motifs is 1. The number of hydrogen-bond acceptors (Lipinski definition) is 2. The van der Waals surface area contributed by atoms with E-state index in [1.54, 1.807) is 6.08 Å². The number of ketones is 1. The Balaban J connectivity index is 1.78. The Morgan fingerprint density at radius 3 is 3.00 bits per heavy atom. The summed E-state index contributed by atoms with van der Waals surface area (Å²) < 4.78 is 0. The van der Waals surface area contributed by atoms with Crippen molar-refractivity contribution in [3.8, 4) is 0 Å². The summed E-state index contributed by atoms with van der Waals surface area (Å²) in [5.41, 5.74) is 1.98. The highest BCUT2D eigenvalue weighted by Crippen LogP contribution is 2.25. The highest BCUT2D eigenvalue weighted by molar-refractivity contribution is 5.96. The first-order valence-electron chi connectivity index (χ1n) is 7.87. The molecule has 0 bridgehead atoms. The van der Waals surface area contributed by atoms with Gasteiger partial charge in [-0.15, -0.1) is 0 Å². The fourth-order valence-corrected chi connectivity index (χ4v) is 2.65. The van der Waals surface area contributed by atoms with E-state index >= 15 is 0 Å². The smallest absolute Gasteiger partial charge is 0.167 e. The molecule has 0 saturated heterocycles. The summed E-state index contributed by atoms with van der Waals surface area (Å²) in [6.07, 6.45) is 20.5. The number of allylic oxidation sites excluding steroid dienone is 7. The van der Waals surface area contributed by atoms with Crippen molar-refractivity contribution in [1.82, 2.24) is 5.32 Å². The Kier molecular flexibility index (Phi) is 5.85. The third kappa shape index (κ3) is 4.22. The van der Waals surface area contributed by atoms with Gasteiger partial charge in [-0.3, -0.25) is 4.79 Å². The lowest BCUT2D eigenvalue weighted by Crippen LogP contribution is -2.30. The van der Waals surface area contributed by atoms with E-state index in [-0.39, 0.29) is 11.7 Å². The molecule has 2 aliphatic rings. The largest absolute Gasteiger partial charge is 0.358 e. The standard InChI is InChI=1S/C18H25NO/c1-2-3-4-5-6-7-8-11-15-14-18(20)16-12-9-10-13-17(16)19-15/h8-11,13-14,16,19H,2-7,12H2,1H3/b11-8+. The second-order valence-corrected chi connectivity index (χ2v) is 5.57. The van der Waals surface area contributed by atoms with Gasteiger partial charge >= 0.3 is 0 Å². The van der Waals surface area contributed by atoms with E-state index in [2.05, 4.69) is 24.4 Å². The van der Waals surface area contributed by atoms with Gasteiger partial charge in [0.15, 0.2) is 5.78 Å². The lowest BCUT2D eigenvalue weighted by molar-refractivity contribution is -0.117. The predicted octanol–water partition coefficient (Wildman–Crippen LogP) is 4.42. The minimum absolute atomic E-state index is 0.0196. The molecule has 0 spiro atoms. The van der Waals surface area contributed by atoms with Crippen molar-refractivity contribution in [2.24, 2.45) is 5.92 Å². The zero-order valence-corrected chi connectivity index (χ0v) is 12.4. The third-order valence-corrected chi connectivity index (χ3v) is 3.86. The van der Waals surface area contributed by atoms with E-state index in [1.807, 2.05) is 18.2 Å². The zero-order valence-electron chi connectivity index (χ0n) is 12.4. The number of carbonyl (C=O) groups excluding carboxylic acids is 1. The number of hydrogen-bond donors (Lipinski definition) is 1. The van der Waals surface area contributed by atoms with Crippen LogP contribution in [0.5, 0.6) is 0 Å². The molecule has 1 aliphatic carbocycles. The van der Waals surface area contributed by atoms with Crippen molar-refractivity contribution in [2.75, 3.05) is 0 Å². The lowest BCUT2D eigenvalue weighted by Gasteiger charge is -2.25. The summed E-state index contributed by atoms with van der Waals surface area (Å²) in [6, 6.07) is 0. The van der Waals surface area contributed by atoms with Crippen LogP contribution in [0, 0.1) is 5.92 Å². The molecule has 0 aromatic rings. The average molecular weight is 271 g/mol. The van der Waals surface area contributed by atoms with Crippen molar-refractivity contribution in [3.63, 3.8) is 0 Å². The van der Waals surface area contributed by atoms with Crippen LogP contribution in [-0.4, -0.2) is 5.78 Å². The highest BCUT2D eigenvalue weighted by atomic mass is 16.1. The number of rotatable bonds is 7. The van der Waals surface area contributed by atoms with Crippen molar-refractivity contribution >= 4 is 5.78 Å². The minimum Gasteiger partial charge on any atom is -0.358 e. The molecule has 2 rings (SSSR count). The number of nitrogens with one attached hydrogen (secondary N) is 1. The van der Waals surface area contributed by atoms with Crippen LogP contribution in [0.3, 0.4) is 0 Å². The number of unbranched alkanes of at least 4 members (excludes halogenated alkanes) is 5. The Labute approximate surface area is 122 Å². The van der Waals surface area contributed by atoms with Crippen LogP contribution < -0.4 is 5.32 Å². The first-order valence-corrected chi connectivity index (χ1v) is 7.87. The van der Waals surface area contributed by atoms with E-state index in [0.717, 1.165) is 24.2 Å². The van der Waals surface area contributed by atoms with E-state index in [9.17, 15) is 4.79 Å². The average Bonchev–Trinajstić information content (AvgIpc) is 2.46. The molecule has 2 nitrogen and oxygen atoms in total. The molecule has 1 atom stereocenters. The fourth-order valence-electron chi connectivity index (χ4n) is 2.65. The van der Waals surface area contributed by atoms with Crippen LogP contribution in [0.1, 0.15) is 51.9 Å². The molecule has 0 radical (unpaired) electrons. The Morgan fingerprint density at radius 1 is 1.30 bits per heavy atom. The van der Waals surface area contributed by atoms with Crippen LogP contribution in [0.15, 0.2) is 47.9 Å². The van der Waals surface area contributed by atoms with Gasteiger partial charge in [0.1, 0.15) is 0 Å². The van der Waals surface area contributed by atoms with Gasteiger partial charge in [-0.25, -0.2) is 0 Å². The molecule has 0 aromatic carbocycles. The Hall–Kier alpha value is -1.57. The van der Waals surface area contributed by atoms with E-state index in [1.165, 1.54) is 32.1 Å². The molecule has 0 amide bonds. The second-order valence-electron chi connectivity index (χ2n) is 5.57. The maximum atomic E-state index is 12.0. The molecule has 108 valence electrons. The summed E-state index contributed by atoms with van der Waals surface area (Å²) in [6.45, 7) is 2.24. The van der Waals surface area contributed by atoms with Crippen LogP contribution in [0.4, 0.5) is 0 Å². The van der Waals surface area contributed by atoms with Gasteiger partial charge < -0.3 is 5.32 Å². The summed E-state index contributed by atoms with van der Waals surface area (Å²) in [5.74, 6) is 0.244. The SMILES string of the molecule is CCCCCCC/C=C/C1=CC(=O)C2CC=CC=C2N1. The molecule has 1 N–H and O–H groups in total. The zero-order chi connectivity index (χ0) is 14.2. The normalized spacial score (nSPS) is 21.4. The Morgan fingerprint density at radius 2 is 2.15 bits per heavy atom. The van der Waals surface area contributed by atoms with Crippen LogP contribution in [-0.2, 0) is 4.79 Å². The molecule has 1 aliphatic heterocycles. The summed E-state index contributed by atoms with van der Waals surface area (Å²) in [7, 11) is 0. The van der Waals surface area contributed by atoms with Gasteiger partial charge in [0, 0.05) is 17.5 Å². The molecular weight excluding hydrogens is 246 g/mol. The quantitative estimate of drug-likeness (QED) is 0.694. The van der Waals surface area contributed by atoms with Crippen LogP contribution >= 0.6 is 0 Å². The molecule has 20 heavy (non-hydrogen) atoms. The first kappa shape index (κ1) is 14.8. The van der Waals surface area contributed by atoms with Gasteiger partial charge in [0.2, 0.25) is 0 Å². The monoisotopic (exact) mass is 271 g/mol. The minimum atomic E-state index is 0.0196. The molecule has 0 aromatic heterocycles. The summed E-state index contributed by atoms with van der Waals surface area (Å²) >= 11 is 0. The van der Waals surface area contributed by atoms with Crippen molar-refractivity contribution < 1.29 is 4.79 Å². The van der Waals surface area contributed by atoms with Gasteiger partial charge in [-0.05, 0) is 31.4 Å². The first-order chi connectivity index (χ1) is 9.81. The molecule has 1 unspecified atom stereocenters. The lowest BCUT2D eigenvalue weighted by atomic mass is 9.89. The maximum absolute atomic E-state index is 12.0. The van der Waals surface area contributed by atoms with Crippen molar-refractivity contribution in [3.05, 3.63) is 47.9 Å². The van der Waals surface area contributed by atoms with Crippen LogP contribution in [0.2, 0.25) is 0 Å². The molecule has 0 fully saturated rings. The number of carbonyl (C=O) groups is 1. The molecular formula is C18H25NO. The molecule has 2 heteroatoms. The fraction of sp³-hybridized carbons (Fsp3) is 0.500. The van der Waals surface area contributed by atoms with E-state index < -0.39 is 0 Å². The van der Waals surface area contributed by atoms with Crippen molar-refractivity contribution in [2.45, 2.75) is 51.9 Å². The predicted molar refractivity (Wildman–Crippen MR) is 84.1 cm³/mol. The highest BCUT2D eigenvalue weighted by Gasteiger charge is 2.25. The topological polar surface area (TPSA) is 29.1 Å². The Bertz CT molecular complexity index is 454. The summed E-state index contributed by atoms with van der Waals surface area (Å²) in [4.78, 5) is 12.0. The van der Waals surface area contributed by atoms with E-state index in [4.69, 9.17) is 0 Å². The van der Waals surface area contributed by atoms with Gasteiger partial charge in [0.25, 0.3) is 0 Å².